The van der Waals surface area contributed by atoms with E-state index in [0.29, 0.717) is 17.2 Å². The molecule has 1 aromatic heterocycles. The summed E-state index contributed by atoms with van der Waals surface area (Å²) in [5.41, 5.74) is 0.690. The van der Waals surface area contributed by atoms with Crippen LogP contribution in [0.15, 0.2) is 24.3 Å². The van der Waals surface area contributed by atoms with E-state index in [1.807, 2.05) is 29.2 Å². The first kappa shape index (κ1) is 19.6. The first-order valence-electron chi connectivity index (χ1n) is 11.6. The number of carbonyl (C=O) groups is 1. The number of fused-ring (bicyclic) bond motifs is 4. The monoisotopic (exact) mass is 408 g/mol. The lowest BCUT2D eigenvalue weighted by molar-refractivity contribution is 0.0311. The lowest BCUT2D eigenvalue weighted by atomic mass is 9.64. The second-order valence-electron chi connectivity index (χ2n) is 9.12. The third-order valence-corrected chi connectivity index (χ3v) is 7.59. The Morgan fingerprint density at radius 3 is 2.73 bits per heavy atom. The van der Waals surface area contributed by atoms with Gasteiger partial charge in [0.1, 0.15) is 5.75 Å². The molecule has 2 saturated carbocycles. The van der Waals surface area contributed by atoms with Crippen LogP contribution in [0.5, 0.6) is 5.75 Å². The van der Waals surface area contributed by atoms with E-state index in [4.69, 9.17) is 14.8 Å². The van der Waals surface area contributed by atoms with Crippen LogP contribution in [0.25, 0.3) is 0 Å². The van der Waals surface area contributed by atoms with Crippen molar-refractivity contribution in [2.75, 3.05) is 12.0 Å². The molecule has 1 spiro atoms. The van der Waals surface area contributed by atoms with E-state index in [1.165, 1.54) is 38.5 Å². The molecular weight excluding hydrogens is 376 g/mol. The summed E-state index contributed by atoms with van der Waals surface area (Å²) in [6.07, 6.45) is 11.5. The number of aromatic nitrogens is 3. The van der Waals surface area contributed by atoms with Gasteiger partial charge in [0.2, 0.25) is 5.95 Å². The summed E-state index contributed by atoms with van der Waals surface area (Å²) in [6, 6.07) is 7.70. The van der Waals surface area contributed by atoms with Gasteiger partial charge in [0, 0.05) is 23.9 Å². The Bertz CT molecular complexity index is 931. The van der Waals surface area contributed by atoms with Crippen LogP contribution in [0.4, 0.5) is 5.95 Å². The minimum Gasteiger partial charge on any atom is -0.497 e. The van der Waals surface area contributed by atoms with Crippen LogP contribution in [0.1, 0.15) is 80.9 Å². The lowest BCUT2D eigenvalue weighted by Crippen LogP contribution is -2.61. The third kappa shape index (κ3) is 2.95. The Kier molecular flexibility index (Phi) is 5.03. The molecular formula is C24H32N4O2. The zero-order valence-corrected chi connectivity index (χ0v) is 18.1. The Hall–Kier alpha value is -2.37. The van der Waals surface area contributed by atoms with Crippen molar-refractivity contribution in [3.8, 4) is 5.75 Å². The van der Waals surface area contributed by atoms with E-state index in [-0.39, 0.29) is 17.5 Å². The maximum atomic E-state index is 13.8. The van der Waals surface area contributed by atoms with Gasteiger partial charge in [0.25, 0.3) is 5.91 Å². The molecule has 0 radical (unpaired) electrons. The summed E-state index contributed by atoms with van der Waals surface area (Å²) in [5, 5.41) is 4.98. The summed E-state index contributed by atoms with van der Waals surface area (Å²) < 4.78 is 7.57. The van der Waals surface area contributed by atoms with E-state index in [0.717, 1.165) is 37.5 Å². The Morgan fingerprint density at radius 1 is 1.17 bits per heavy atom. The molecule has 6 nitrogen and oxygen atoms in total. The highest BCUT2D eigenvalue weighted by Crippen LogP contribution is 2.53. The van der Waals surface area contributed by atoms with Gasteiger partial charge in [-0.3, -0.25) is 9.69 Å². The van der Waals surface area contributed by atoms with Crippen LogP contribution >= 0.6 is 0 Å². The van der Waals surface area contributed by atoms with Gasteiger partial charge in [-0.1, -0.05) is 45.1 Å². The van der Waals surface area contributed by atoms with Gasteiger partial charge >= 0.3 is 0 Å². The van der Waals surface area contributed by atoms with Gasteiger partial charge in [-0.15, -0.1) is 0 Å². The second-order valence-corrected chi connectivity index (χ2v) is 9.12. The highest BCUT2D eigenvalue weighted by molar-refractivity contribution is 6.06. The molecule has 2 fully saturated rings. The number of nitrogens with zero attached hydrogens (tertiary/aromatic N) is 4. The summed E-state index contributed by atoms with van der Waals surface area (Å²) in [4.78, 5) is 20.7. The summed E-state index contributed by atoms with van der Waals surface area (Å²) in [6.45, 7) is 2.09. The minimum absolute atomic E-state index is 0.0211. The third-order valence-electron chi connectivity index (χ3n) is 7.59. The zero-order chi connectivity index (χ0) is 20.7. The highest BCUT2D eigenvalue weighted by atomic mass is 16.5. The van der Waals surface area contributed by atoms with Crippen molar-refractivity contribution in [2.24, 2.45) is 5.92 Å². The first-order chi connectivity index (χ1) is 14.7. The lowest BCUT2D eigenvalue weighted by Gasteiger charge is -2.55. The SMILES string of the molecule is CCc1nc2n(n1)C1(CCCCC1)C1CCCCC1N2C(=O)c1cccc(OC)c1. The van der Waals surface area contributed by atoms with Gasteiger partial charge in [-0.2, -0.15) is 10.1 Å². The van der Waals surface area contributed by atoms with Crippen LogP contribution in [0.2, 0.25) is 0 Å². The topological polar surface area (TPSA) is 60.2 Å². The average molecular weight is 409 g/mol. The number of methoxy groups -OCH3 is 1. The maximum Gasteiger partial charge on any atom is 0.261 e. The van der Waals surface area contributed by atoms with Crippen molar-refractivity contribution >= 4 is 11.9 Å². The minimum atomic E-state index is 0.0211. The summed E-state index contributed by atoms with van der Waals surface area (Å²) >= 11 is 0. The number of anilines is 1. The zero-order valence-electron chi connectivity index (χ0n) is 18.1. The number of benzene rings is 1. The average Bonchev–Trinajstić information content (AvgIpc) is 3.25. The van der Waals surface area contributed by atoms with E-state index in [1.54, 1.807) is 7.11 Å². The van der Waals surface area contributed by atoms with E-state index in [9.17, 15) is 4.79 Å². The van der Waals surface area contributed by atoms with Gasteiger partial charge in [-0.05, 0) is 43.9 Å². The maximum absolute atomic E-state index is 13.8. The van der Waals surface area contributed by atoms with Crippen LogP contribution in [-0.4, -0.2) is 33.8 Å². The fraction of sp³-hybridized carbons (Fsp3) is 0.625. The molecule has 0 N–H and O–H groups in total. The Labute approximate surface area is 178 Å². The molecule has 0 bridgehead atoms. The number of rotatable bonds is 3. The number of hydrogen-bond acceptors (Lipinski definition) is 4. The normalized spacial score (nSPS) is 24.9. The number of aryl methyl sites for hydroxylation is 1. The molecule has 0 saturated heterocycles. The number of carbonyl (C=O) groups excluding carboxylic acids is 1. The first-order valence-corrected chi connectivity index (χ1v) is 11.6. The van der Waals surface area contributed by atoms with Crippen molar-refractivity contribution in [1.29, 1.82) is 0 Å². The molecule has 1 aliphatic heterocycles. The number of ether oxygens (including phenoxy) is 1. The van der Waals surface area contributed by atoms with E-state index in [2.05, 4.69) is 11.6 Å². The van der Waals surface area contributed by atoms with Crippen molar-refractivity contribution in [3.05, 3.63) is 35.7 Å². The number of hydrogen-bond donors (Lipinski definition) is 0. The smallest absolute Gasteiger partial charge is 0.261 e. The quantitative estimate of drug-likeness (QED) is 0.737. The molecule has 2 heterocycles. The van der Waals surface area contributed by atoms with Gasteiger partial charge in [0.05, 0.1) is 12.6 Å². The molecule has 2 unspecified atom stereocenters. The largest absolute Gasteiger partial charge is 0.497 e. The predicted octanol–water partition coefficient (Wildman–Crippen LogP) is 4.73. The fourth-order valence-electron chi connectivity index (χ4n) is 6.19. The number of amides is 1. The van der Waals surface area contributed by atoms with Gasteiger partial charge in [0.15, 0.2) is 5.82 Å². The second kappa shape index (κ2) is 7.71. The molecule has 3 aliphatic rings. The molecule has 160 valence electrons. The van der Waals surface area contributed by atoms with Crippen molar-refractivity contribution in [3.63, 3.8) is 0 Å². The molecule has 2 atom stereocenters. The van der Waals surface area contributed by atoms with Crippen LogP contribution in [-0.2, 0) is 12.0 Å². The molecule has 1 amide bonds. The summed E-state index contributed by atoms with van der Waals surface area (Å²) in [5.74, 6) is 2.80. The van der Waals surface area contributed by atoms with Crippen molar-refractivity contribution < 1.29 is 9.53 Å². The van der Waals surface area contributed by atoms with E-state index >= 15 is 0 Å². The van der Waals surface area contributed by atoms with Crippen molar-refractivity contribution in [2.45, 2.75) is 82.7 Å². The highest BCUT2D eigenvalue weighted by Gasteiger charge is 2.55. The molecule has 2 aliphatic carbocycles. The van der Waals surface area contributed by atoms with Crippen LogP contribution in [0.3, 0.4) is 0 Å². The van der Waals surface area contributed by atoms with Crippen LogP contribution in [0, 0.1) is 5.92 Å². The van der Waals surface area contributed by atoms with Gasteiger partial charge in [-0.25, -0.2) is 4.68 Å². The molecule has 5 rings (SSSR count). The Balaban J connectivity index is 1.65. The Morgan fingerprint density at radius 2 is 1.97 bits per heavy atom. The van der Waals surface area contributed by atoms with E-state index < -0.39 is 0 Å². The molecule has 1 aromatic carbocycles. The van der Waals surface area contributed by atoms with Crippen LogP contribution < -0.4 is 9.64 Å². The van der Waals surface area contributed by atoms with Crippen molar-refractivity contribution in [1.82, 2.24) is 14.8 Å². The molecule has 6 heteroatoms. The fourth-order valence-corrected chi connectivity index (χ4v) is 6.19. The summed E-state index contributed by atoms with van der Waals surface area (Å²) in [7, 11) is 1.64. The predicted molar refractivity (Wildman–Crippen MR) is 116 cm³/mol. The molecule has 2 aromatic rings. The van der Waals surface area contributed by atoms with Gasteiger partial charge < -0.3 is 4.74 Å². The standard InChI is InChI=1S/C24H32N4O2/c1-3-21-25-23-27(22(29)17-10-9-11-18(16-17)30-2)20-13-6-5-12-19(20)24(28(23)26-21)14-7-4-8-15-24/h9-11,16,19-20H,3-8,12-15H2,1-2H3. The molecule has 30 heavy (non-hydrogen) atoms.